The Morgan fingerprint density at radius 1 is 1.15 bits per heavy atom. The Morgan fingerprint density at radius 3 is 2.80 bits per heavy atom. The number of thioether (sulfide) groups is 1. The highest BCUT2D eigenvalue weighted by Gasteiger charge is 2.12. The molecule has 2 heterocycles. The molecule has 2 aromatic heterocycles. The first-order valence-corrected chi connectivity index (χ1v) is 7.32. The largest absolute Gasteiger partial charge is 0.293 e. The van der Waals surface area contributed by atoms with Crippen LogP contribution in [0.15, 0.2) is 53.8 Å². The number of halogens is 1. The molecule has 4 nitrogen and oxygen atoms in total. The maximum absolute atomic E-state index is 12.1. The van der Waals surface area contributed by atoms with Gasteiger partial charge in [0.05, 0.1) is 10.8 Å². The molecule has 0 saturated carbocycles. The molecular weight excluding hydrogens is 294 g/mol. The summed E-state index contributed by atoms with van der Waals surface area (Å²) in [5, 5.41) is 9.29. The molecular formula is C14H10ClN3OS. The minimum Gasteiger partial charge on any atom is -0.293 e. The molecule has 0 amide bonds. The molecule has 0 spiro atoms. The van der Waals surface area contributed by atoms with Gasteiger partial charge >= 0.3 is 0 Å². The fourth-order valence-corrected chi connectivity index (χ4v) is 2.86. The van der Waals surface area contributed by atoms with E-state index in [1.807, 2.05) is 28.8 Å². The summed E-state index contributed by atoms with van der Waals surface area (Å²) in [7, 11) is 0. The highest BCUT2D eigenvalue weighted by Crippen LogP contribution is 2.21. The molecule has 0 aliphatic rings. The van der Waals surface area contributed by atoms with Crippen LogP contribution in [0.1, 0.15) is 10.4 Å². The number of ketones is 1. The van der Waals surface area contributed by atoms with E-state index < -0.39 is 0 Å². The SMILES string of the molecule is O=C(CSc1nnc2ccccn12)c1ccccc1Cl. The zero-order valence-corrected chi connectivity index (χ0v) is 11.9. The van der Waals surface area contributed by atoms with E-state index in [-0.39, 0.29) is 11.5 Å². The summed E-state index contributed by atoms with van der Waals surface area (Å²) in [5.41, 5.74) is 1.30. The fraction of sp³-hybridized carbons (Fsp3) is 0.0714. The van der Waals surface area contributed by atoms with Crippen LogP contribution in [0.25, 0.3) is 5.65 Å². The number of rotatable bonds is 4. The number of benzene rings is 1. The van der Waals surface area contributed by atoms with E-state index in [9.17, 15) is 4.79 Å². The smallest absolute Gasteiger partial charge is 0.196 e. The lowest BCUT2D eigenvalue weighted by atomic mass is 10.1. The standard InChI is InChI=1S/C14H10ClN3OS/c15-11-6-2-1-5-10(11)12(19)9-20-14-17-16-13-7-3-4-8-18(13)14/h1-8H,9H2. The molecule has 0 aliphatic heterocycles. The Hall–Kier alpha value is -1.85. The molecule has 100 valence electrons. The van der Waals surface area contributed by atoms with Crippen molar-refractivity contribution < 1.29 is 4.79 Å². The highest BCUT2D eigenvalue weighted by atomic mass is 35.5. The first-order valence-electron chi connectivity index (χ1n) is 5.96. The molecule has 6 heteroatoms. The zero-order chi connectivity index (χ0) is 13.9. The van der Waals surface area contributed by atoms with Crippen LogP contribution in [0.3, 0.4) is 0 Å². The Bertz CT molecular complexity index is 772. The predicted molar refractivity (Wildman–Crippen MR) is 79.5 cm³/mol. The van der Waals surface area contributed by atoms with E-state index in [1.54, 1.807) is 24.3 Å². The average Bonchev–Trinajstić information content (AvgIpc) is 2.88. The summed E-state index contributed by atoms with van der Waals surface area (Å²) in [6.07, 6.45) is 1.87. The van der Waals surface area contributed by atoms with Crippen LogP contribution in [-0.2, 0) is 0 Å². The summed E-state index contributed by atoms with van der Waals surface area (Å²) >= 11 is 7.36. The van der Waals surface area contributed by atoms with Gasteiger partial charge in [-0.2, -0.15) is 0 Å². The van der Waals surface area contributed by atoms with Crippen molar-refractivity contribution in [3.05, 3.63) is 59.2 Å². The summed E-state index contributed by atoms with van der Waals surface area (Å²) in [5.74, 6) is 0.257. The monoisotopic (exact) mass is 303 g/mol. The van der Waals surface area contributed by atoms with Gasteiger partial charge in [-0.15, -0.1) is 10.2 Å². The van der Waals surface area contributed by atoms with Crippen LogP contribution in [0.4, 0.5) is 0 Å². The Balaban J connectivity index is 1.77. The number of nitrogens with zero attached hydrogens (tertiary/aromatic N) is 3. The maximum atomic E-state index is 12.1. The Morgan fingerprint density at radius 2 is 1.95 bits per heavy atom. The molecule has 1 aromatic carbocycles. The molecule has 0 bridgehead atoms. The lowest BCUT2D eigenvalue weighted by Crippen LogP contribution is -2.03. The highest BCUT2D eigenvalue weighted by molar-refractivity contribution is 7.99. The lowest BCUT2D eigenvalue weighted by molar-refractivity contribution is 0.102. The molecule has 0 atom stereocenters. The van der Waals surface area contributed by atoms with Gasteiger partial charge < -0.3 is 0 Å². The van der Waals surface area contributed by atoms with Gasteiger partial charge in [-0.25, -0.2) is 0 Å². The molecule has 0 N–H and O–H groups in total. The van der Waals surface area contributed by atoms with Gasteiger partial charge in [0.15, 0.2) is 16.6 Å². The van der Waals surface area contributed by atoms with E-state index in [0.29, 0.717) is 15.7 Å². The van der Waals surface area contributed by atoms with Crippen molar-refractivity contribution in [2.24, 2.45) is 0 Å². The van der Waals surface area contributed by atoms with Crippen LogP contribution in [-0.4, -0.2) is 26.1 Å². The number of fused-ring (bicyclic) bond motifs is 1. The van der Waals surface area contributed by atoms with Gasteiger partial charge in [-0.1, -0.05) is 41.6 Å². The van der Waals surface area contributed by atoms with Crippen molar-refractivity contribution in [2.75, 3.05) is 5.75 Å². The first kappa shape index (κ1) is 13.1. The third-order valence-electron chi connectivity index (χ3n) is 2.79. The van der Waals surface area contributed by atoms with Gasteiger partial charge in [0.2, 0.25) is 0 Å². The maximum Gasteiger partial charge on any atom is 0.196 e. The third kappa shape index (κ3) is 2.55. The second-order valence-corrected chi connectivity index (χ2v) is 5.45. The molecule has 20 heavy (non-hydrogen) atoms. The van der Waals surface area contributed by atoms with Crippen molar-refractivity contribution in [3.8, 4) is 0 Å². The number of Topliss-reactive ketones (excluding diaryl/α,β-unsaturated/α-hetero) is 1. The van der Waals surface area contributed by atoms with Gasteiger partial charge in [0.1, 0.15) is 0 Å². The predicted octanol–water partition coefficient (Wildman–Crippen LogP) is 3.36. The number of pyridine rings is 1. The fourth-order valence-electron chi connectivity index (χ4n) is 1.81. The molecule has 0 radical (unpaired) electrons. The summed E-state index contributed by atoms with van der Waals surface area (Å²) in [6.45, 7) is 0. The van der Waals surface area contributed by atoms with Gasteiger partial charge in [-0.05, 0) is 24.3 Å². The Labute approximate surface area is 124 Å². The van der Waals surface area contributed by atoms with Gasteiger partial charge in [0, 0.05) is 11.8 Å². The van der Waals surface area contributed by atoms with Crippen molar-refractivity contribution >= 4 is 34.8 Å². The van der Waals surface area contributed by atoms with E-state index in [4.69, 9.17) is 11.6 Å². The molecule has 0 fully saturated rings. The van der Waals surface area contributed by atoms with Crippen LogP contribution in [0.2, 0.25) is 5.02 Å². The topological polar surface area (TPSA) is 47.3 Å². The zero-order valence-electron chi connectivity index (χ0n) is 10.4. The number of carbonyl (C=O) groups is 1. The van der Waals surface area contributed by atoms with Crippen LogP contribution in [0, 0.1) is 0 Å². The van der Waals surface area contributed by atoms with Gasteiger partial charge in [0.25, 0.3) is 0 Å². The van der Waals surface area contributed by atoms with Crippen molar-refractivity contribution in [1.29, 1.82) is 0 Å². The van der Waals surface area contributed by atoms with Crippen molar-refractivity contribution in [3.63, 3.8) is 0 Å². The van der Waals surface area contributed by atoms with Crippen LogP contribution < -0.4 is 0 Å². The van der Waals surface area contributed by atoms with E-state index in [0.717, 1.165) is 5.65 Å². The molecule has 0 saturated heterocycles. The molecule has 3 rings (SSSR count). The minimum absolute atomic E-state index is 0.0201. The molecule has 0 unspecified atom stereocenters. The summed E-state index contributed by atoms with van der Waals surface area (Å²) < 4.78 is 1.85. The number of hydrogen-bond donors (Lipinski definition) is 0. The lowest BCUT2D eigenvalue weighted by Gasteiger charge is -2.02. The number of hydrogen-bond acceptors (Lipinski definition) is 4. The minimum atomic E-state index is -0.0201. The second kappa shape index (κ2) is 5.64. The van der Waals surface area contributed by atoms with E-state index in [2.05, 4.69) is 10.2 Å². The average molecular weight is 304 g/mol. The van der Waals surface area contributed by atoms with Crippen LogP contribution >= 0.6 is 23.4 Å². The summed E-state index contributed by atoms with van der Waals surface area (Å²) in [6, 6.07) is 12.7. The van der Waals surface area contributed by atoms with E-state index >= 15 is 0 Å². The van der Waals surface area contributed by atoms with Crippen molar-refractivity contribution in [2.45, 2.75) is 5.16 Å². The molecule has 0 aliphatic carbocycles. The normalized spacial score (nSPS) is 10.8. The quantitative estimate of drug-likeness (QED) is 0.548. The third-order valence-corrected chi connectivity index (χ3v) is 4.06. The van der Waals surface area contributed by atoms with Crippen LogP contribution in [0.5, 0.6) is 0 Å². The van der Waals surface area contributed by atoms with Crippen molar-refractivity contribution in [1.82, 2.24) is 14.6 Å². The van der Waals surface area contributed by atoms with E-state index in [1.165, 1.54) is 11.8 Å². The second-order valence-electron chi connectivity index (χ2n) is 4.10. The number of carbonyl (C=O) groups excluding carboxylic acids is 1. The summed E-state index contributed by atoms with van der Waals surface area (Å²) in [4.78, 5) is 12.1. The first-order chi connectivity index (χ1) is 9.75. The van der Waals surface area contributed by atoms with Gasteiger partial charge in [-0.3, -0.25) is 9.20 Å². The molecule has 3 aromatic rings. The Kier molecular flexibility index (Phi) is 3.71. The number of aromatic nitrogens is 3.